The fraction of sp³-hybridized carbons (Fsp3) is 0.625. The second-order valence-electron chi connectivity index (χ2n) is 6.04. The van der Waals surface area contributed by atoms with Crippen molar-refractivity contribution in [2.75, 3.05) is 24.5 Å². The van der Waals surface area contributed by atoms with E-state index in [1.807, 2.05) is 6.07 Å². The van der Waals surface area contributed by atoms with E-state index < -0.39 is 0 Å². The Bertz CT molecular complexity index is 417. The average Bonchev–Trinajstić information content (AvgIpc) is 2.57. The maximum Gasteiger partial charge on any atom is 0.0639 e. The first-order valence-corrected chi connectivity index (χ1v) is 7.68. The van der Waals surface area contributed by atoms with Crippen molar-refractivity contribution in [2.45, 2.75) is 39.7 Å². The van der Waals surface area contributed by atoms with Crippen molar-refractivity contribution >= 4 is 17.3 Å². The quantitative estimate of drug-likeness (QED) is 0.904. The third-order valence-electron chi connectivity index (χ3n) is 3.68. The number of hydrogen-bond acceptors (Lipinski definition) is 2. The lowest BCUT2D eigenvalue weighted by molar-refractivity contribution is 0.436. The van der Waals surface area contributed by atoms with Crippen LogP contribution in [0.3, 0.4) is 0 Å². The lowest BCUT2D eigenvalue weighted by atomic mass is 10.0. The van der Waals surface area contributed by atoms with Crippen LogP contribution in [0.4, 0.5) is 5.69 Å². The normalized spacial score (nSPS) is 20.7. The summed E-state index contributed by atoms with van der Waals surface area (Å²) in [5.74, 6) is 0.727. The second-order valence-corrected chi connectivity index (χ2v) is 6.44. The Kier molecular flexibility index (Phi) is 5.12. The van der Waals surface area contributed by atoms with E-state index in [1.54, 1.807) is 0 Å². The van der Waals surface area contributed by atoms with E-state index >= 15 is 0 Å². The van der Waals surface area contributed by atoms with E-state index in [0.717, 1.165) is 30.6 Å². The predicted octanol–water partition coefficient (Wildman–Crippen LogP) is 3.86. The number of aryl methyl sites for hydroxylation is 1. The number of rotatable bonds is 3. The van der Waals surface area contributed by atoms with Gasteiger partial charge in [0.25, 0.3) is 0 Å². The zero-order valence-electron chi connectivity index (χ0n) is 12.2. The minimum atomic E-state index is 0.569. The number of nitrogens with one attached hydrogen (secondary N) is 1. The van der Waals surface area contributed by atoms with Gasteiger partial charge in [-0.2, -0.15) is 0 Å². The Balaban J connectivity index is 2.15. The van der Waals surface area contributed by atoms with Crippen molar-refractivity contribution in [3.63, 3.8) is 0 Å². The first-order chi connectivity index (χ1) is 9.06. The molecule has 2 rings (SSSR count). The van der Waals surface area contributed by atoms with E-state index in [2.05, 4.69) is 43.1 Å². The lowest BCUT2D eigenvalue weighted by Crippen LogP contribution is -2.38. The molecule has 0 aliphatic carbocycles. The fourth-order valence-electron chi connectivity index (χ4n) is 2.81. The zero-order chi connectivity index (χ0) is 13.8. The summed E-state index contributed by atoms with van der Waals surface area (Å²) in [7, 11) is 0. The Morgan fingerprint density at radius 3 is 2.95 bits per heavy atom. The van der Waals surface area contributed by atoms with Crippen molar-refractivity contribution in [1.29, 1.82) is 0 Å². The van der Waals surface area contributed by atoms with Gasteiger partial charge in [0.2, 0.25) is 0 Å². The first-order valence-electron chi connectivity index (χ1n) is 7.30. The topological polar surface area (TPSA) is 15.3 Å². The van der Waals surface area contributed by atoms with Gasteiger partial charge in [-0.3, -0.25) is 0 Å². The van der Waals surface area contributed by atoms with Gasteiger partial charge >= 0.3 is 0 Å². The second kappa shape index (κ2) is 6.62. The summed E-state index contributed by atoms with van der Waals surface area (Å²) in [6.45, 7) is 9.96. The highest BCUT2D eigenvalue weighted by Gasteiger charge is 2.20. The maximum atomic E-state index is 6.37. The Morgan fingerprint density at radius 1 is 1.42 bits per heavy atom. The minimum Gasteiger partial charge on any atom is -0.369 e. The molecule has 106 valence electrons. The van der Waals surface area contributed by atoms with Crippen LogP contribution in [0.25, 0.3) is 0 Å². The molecule has 1 N–H and O–H groups in total. The van der Waals surface area contributed by atoms with Crippen molar-refractivity contribution in [1.82, 2.24) is 5.32 Å². The molecule has 1 heterocycles. The zero-order valence-corrected chi connectivity index (χ0v) is 13.0. The summed E-state index contributed by atoms with van der Waals surface area (Å²) >= 11 is 6.37. The molecule has 1 aliphatic heterocycles. The van der Waals surface area contributed by atoms with Crippen LogP contribution in [0.5, 0.6) is 0 Å². The molecule has 0 bridgehead atoms. The van der Waals surface area contributed by atoms with Crippen molar-refractivity contribution in [3.05, 3.63) is 28.8 Å². The number of benzene rings is 1. The summed E-state index contributed by atoms with van der Waals surface area (Å²) in [4.78, 5) is 2.45. The van der Waals surface area contributed by atoms with Gasteiger partial charge in [0.1, 0.15) is 0 Å². The third-order valence-corrected chi connectivity index (χ3v) is 4.00. The molecule has 1 aliphatic rings. The lowest BCUT2D eigenvalue weighted by Gasteiger charge is -2.28. The van der Waals surface area contributed by atoms with Crippen LogP contribution >= 0.6 is 11.6 Å². The van der Waals surface area contributed by atoms with Crippen molar-refractivity contribution in [2.24, 2.45) is 5.92 Å². The molecule has 1 atom stereocenters. The highest BCUT2D eigenvalue weighted by molar-refractivity contribution is 6.33. The average molecular weight is 281 g/mol. The molecule has 0 radical (unpaired) electrons. The molecule has 1 fully saturated rings. The van der Waals surface area contributed by atoms with Gasteiger partial charge in [0.15, 0.2) is 0 Å². The van der Waals surface area contributed by atoms with Gasteiger partial charge in [0.05, 0.1) is 10.7 Å². The minimum absolute atomic E-state index is 0.569. The summed E-state index contributed by atoms with van der Waals surface area (Å²) in [6.07, 6.45) is 2.40. The molecule has 1 unspecified atom stereocenters. The fourth-order valence-corrected chi connectivity index (χ4v) is 3.05. The van der Waals surface area contributed by atoms with Gasteiger partial charge in [-0.05, 0) is 49.9 Å². The molecule has 2 nitrogen and oxygen atoms in total. The van der Waals surface area contributed by atoms with Gasteiger partial charge in [-0.1, -0.05) is 31.5 Å². The number of halogens is 1. The smallest absolute Gasteiger partial charge is 0.0639 e. The van der Waals surface area contributed by atoms with Gasteiger partial charge in [0, 0.05) is 19.1 Å². The predicted molar refractivity (Wildman–Crippen MR) is 84.3 cm³/mol. The molecular formula is C16H25ClN2. The molecular weight excluding hydrogens is 256 g/mol. The summed E-state index contributed by atoms with van der Waals surface area (Å²) in [6, 6.07) is 6.87. The van der Waals surface area contributed by atoms with Crippen LogP contribution in [-0.4, -0.2) is 25.7 Å². The molecule has 3 heteroatoms. The molecule has 0 aromatic heterocycles. The molecule has 1 aromatic carbocycles. The molecule has 0 spiro atoms. The van der Waals surface area contributed by atoms with E-state index in [1.165, 1.54) is 24.1 Å². The van der Waals surface area contributed by atoms with Crippen molar-refractivity contribution < 1.29 is 0 Å². The number of nitrogens with zero attached hydrogens (tertiary/aromatic N) is 1. The third kappa shape index (κ3) is 4.12. The van der Waals surface area contributed by atoms with Gasteiger partial charge in [-0.25, -0.2) is 0 Å². The Morgan fingerprint density at radius 2 is 2.21 bits per heavy atom. The van der Waals surface area contributed by atoms with E-state index in [9.17, 15) is 0 Å². The van der Waals surface area contributed by atoms with Gasteiger partial charge < -0.3 is 10.2 Å². The SMILES string of the molecule is Cc1ccc(Cl)c(N2CCCNC(CC(C)C)C2)c1. The summed E-state index contributed by atoms with van der Waals surface area (Å²) < 4.78 is 0. The summed E-state index contributed by atoms with van der Waals surface area (Å²) in [5.41, 5.74) is 2.47. The molecule has 0 saturated carbocycles. The molecule has 19 heavy (non-hydrogen) atoms. The monoisotopic (exact) mass is 280 g/mol. The van der Waals surface area contributed by atoms with Crippen LogP contribution in [0, 0.1) is 12.8 Å². The van der Waals surface area contributed by atoms with Crippen LogP contribution < -0.4 is 10.2 Å². The molecule has 1 aromatic rings. The maximum absolute atomic E-state index is 6.37. The van der Waals surface area contributed by atoms with E-state index in [4.69, 9.17) is 11.6 Å². The van der Waals surface area contributed by atoms with Gasteiger partial charge in [-0.15, -0.1) is 0 Å². The van der Waals surface area contributed by atoms with Crippen LogP contribution in [0.2, 0.25) is 5.02 Å². The van der Waals surface area contributed by atoms with Crippen LogP contribution in [0.15, 0.2) is 18.2 Å². The van der Waals surface area contributed by atoms with Crippen LogP contribution in [-0.2, 0) is 0 Å². The van der Waals surface area contributed by atoms with E-state index in [-0.39, 0.29) is 0 Å². The van der Waals surface area contributed by atoms with Crippen molar-refractivity contribution in [3.8, 4) is 0 Å². The Labute approximate surface area is 122 Å². The largest absolute Gasteiger partial charge is 0.369 e. The Hall–Kier alpha value is -0.730. The highest BCUT2D eigenvalue weighted by Crippen LogP contribution is 2.28. The molecule has 0 amide bonds. The first kappa shape index (κ1) is 14.7. The number of hydrogen-bond donors (Lipinski definition) is 1. The summed E-state index contributed by atoms with van der Waals surface area (Å²) in [5, 5.41) is 4.53. The molecule has 1 saturated heterocycles. The standard InChI is InChI=1S/C16H25ClN2/c1-12(2)9-14-11-19(8-4-7-18-14)16-10-13(3)5-6-15(16)17/h5-6,10,12,14,18H,4,7-9,11H2,1-3H3. The highest BCUT2D eigenvalue weighted by atomic mass is 35.5. The number of anilines is 1. The van der Waals surface area contributed by atoms with E-state index in [0.29, 0.717) is 6.04 Å². The van der Waals surface area contributed by atoms with Crippen LogP contribution in [0.1, 0.15) is 32.3 Å².